The summed E-state index contributed by atoms with van der Waals surface area (Å²) in [6, 6.07) is 0. The van der Waals surface area contributed by atoms with Crippen LogP contribution >= 0.6 is 12.4 Å². The maximum Gasteiger partial charge on any atom is 0.305 e. The van der Waals surface area contributed by atoms with Gasteiger partial charge in [0.1, 0.15) is 0 Å². The zero-order valence-electron chi connectivity index (χ0n) is 10.8. The topological polar surface area (TPSA) is 26.3 Å². The molecule has 0 amide bonds. The molecule has 0 aliphatic rings. The lowest BCUT2D eigenvalue weighted by atomic mass is 10.1. The Balaban J connectivity index is 0. The van der Waals surface area contributed by atoms with Gasteiger partial charge in [-0.25, -0.2) is 0 Å². The fraction of sp³-hybridized carbons (Fsp3) is 0.923. The van der Waals surface area contributed by atoms with Gasteiger partial charge in [-0.1, -0.05) is 58.3 Å². The van der Waals surface area contributed by atoms with E-state index in [1.54, 1.807) is 0 Å². The number of unbranched alkanes of at least 4 members (excludes halogenated alkanes) is 8. The SMILES string of the molecule is CCCCCCCCCCCC(=O)OC.Cl. The summed E-state index contributed by atoms with van der Waals surface area (Å²) >= 11 is 0. The summed E-state index contributed by atoms with van der Waals surface area (Å²) in [6.07, 6.45) is 12.2. The summed E-state index contributed by atoms with van der Waals surface area (Å²) in [6.45, 7) is 2.24. The highest BCUT2D eigenvalue weighted by atomic mass is 35.5. The van der Waals surface area contributed by atoms with Gasteiger partial charge in [0, 0.05) is 6.42 Å². The maximum absolute atomic E-state index is 10.8. The fourth-order valence-electron chi connectivity index (χ4n) is 1.68. The average molecular weight is 251 g/mol. The van der Waals surface area contributed by atoms with Gasteiger partial charge >= 0.3 is 5.97 Å². The quantitative estimate of drug-likeness (QED) is 0.421. The van der Waals surface area contributed by atoms with Crippen molar-refractivity contribution < 1.29 is 9.53 Å². The van der Waals surface area contributed by atoms with E-state index >= 15 is 0 Å². The first-order chi connectivity index (χ1) is 7.31. The van der Waals surface area contributed by atoms with Crippen LogP contribution in [0.2, 0.25) is 0 Å². The Bertz CT molecular complexity index is 149. The number of hydrogen-bond acceptors (Lipinski definition) is 2. The standard InChI is InChI=1S/C13H26O2.ClH/c1-3-4-5-6-7-8-9-10-11-12-13(14)15-2;/h3-12H2,1-2H3;1H. The van der Waals surface area contributed by atoms with Crippen LogP contribution in [0.3, 0.4) is 0 Å². The van der Waals surface area contributed by atoms with Crippen molar-refractivity contribution >= 4 is 18.4 Å². The minimum absolute atomic E-state index is 0. The van der Waals surface area contributed by atoms with Gasteiger partial charge in [0.05, 0.1) is 7.11 Å². The van der Waals surface area contributed by atoms with E-state index in [1.165, 1.54) is 58.5 Å². The van der Waals surface area contributed by atoms with Gasteiger partial charge in [-0.15, -0.1) is 12.4 Å². The van der Waals surface area contributed by atoms with Crippen molar-refractivity contribution in [2.45, 2.75) is 71.1 Å². The van der Waals surface area contributed by atoms with E-state index < -0.39 is 0 Å². The summed E-state index contributed by atoms with van der Waals surface area (Å²) in [5, 5.41) is 0. The predicted octanol–water partition coefficient (Wildman–Crippen LogP) is 4.50. The highest BCUT2D eigenvalue weighted by Gasteiger charge is 1.98. The minimum atomic E-state index is -0.0713. The van der Waals surface area contributed by atoms with Crippen LogP contribution in [0.1, 0.15) is 71.1 Å². The molecule has 0 aliphatic heterocycles. The molecule has 98 valence electrons. The number of methoxy groups -OCH3 is 1. The van der Waals surface area contributed by atoms with E-state index in [9.17, 15) is 4.79 Å². The normalized spacial score (nSPS) is 9.62. The highest BCUT2D eigenvalue weighted by Crippen LogP contribution is 2.10. The Kier molecular flexibility index (Phi) is 16.7. The summed E-state index contributed by atoms with van der Waals surface area (Å²) in [7, 11) is 1.45. The van der Waals surface area contributed by atoms with Crippen molar-refractivity contribution in [2.24, 2.45) is 0 Å². The summed E-state index contributed by atoms with van der Waals surface area (Å²) in [5.74, 6) is -0.0713. The maximum atomic E-state index is 10.8. The first-order valence-electron chi connectivity index (χ1n) is 6.38. The molecule has 2 nitrogen and oxygen atoms in total. The van der Waals surface area contributed by atoms with Crippen LogP contribution in [-0.4, -0.2) is 13.1 Å². The van der Waals surface area contributed by atoms with Crippen molar-refractivity contribution in [1.82, 2.24) is 0 Å². The van der Waals surface area contributed by atoms with E-state index in [0.29, 0.717) is 6.42 Å². The second kappa shape index (κ2) is 14.8. The van der Waals surface area contributed by atoms with Crippen molar-refractivity contribution in [3.63, 3.8) is 0 Å². The molecular formula is C13H27ClO2. The molecule has 0 N–H and O–H groups in total. The Morgan fingerprint density at radius 2 is 1.31 bits per heavy atom. The molecular weight excluding hydrogens is 224 g/mol. The zero-order valence-corrected chi connectivity index (χ0v) is 11.6. The Morgan fingerprint density at radius 3 is 1.75 bits per heavy atom. The van der Waals surface area contributed by atoms with E-state index in [4.69, 9.17) is 0 Å². The van der Waals surface area contributed by atoms with Gasteiger partial charge in [0.15, 0.2) is 0 Å². The molecule has 3 heteroatoms. The van der Waals surface area contributed by atoms with Crippen molar-refractivity contribution in [3.05, 3.63) is 0 Å². The monoisotopic (exact) mass is 250 g/mol. The van der Waals surface area contributed by atoms with Crippen LogP contribution in [0.4, 0.5) is 0 Å². The molecule has 0 radical (unpaired) electrons. The van der Waals surface area contributed by atoms with E-state index in [-0.39, 0.29) is 18.4 Å². The van der Waals surface area contributed by atoms with E-state index in [0.717, 1.165) is 6.42 Å². The number of carbonyl (C=O) groups excluding carboxylic acids is 1. The van der Waals surface area contributed by atoms with Crippen LogP contribution in [0.25, 0.3) is 0 Å². The molecule has 0 aromatic heterocycles. The summed E-state index contributed by atoms with van der Waals surface area (Å²) < 4.78 is 4.58. The molecule has 0 aromatic rings. The van der Waals surface area contributed by atoms with Gasteiger partial charge in [-0.3, -0.25) is 4.79 Å². The molecule has 0 heterocycles. The molecule has 0 rings (SSSR count). The van der Waals surface area contributed by atoms with Crippen LogP contribution in [0.15, 0.2) is 0 Å². The Hall–Kier alpha value is -0.240. The number of esters is 1. The average Bonchev–Trinajstić information content (AvgIpc) is 2.26. The second-order valence-electron chi connectivity index (χ2n) is 4.15. The van der Waals surface area contributed by atoms with Gasteiger partial charge in [0.2, 0.25) is 0 Å². The Labute approximate surface area is 107 Å². The van der Waals surface area contributed by atoms with E-state index in [1.807, 2.05) is 0 Å². The van der Waals surface area contributed by atoms with Crippen molar-refractivity contribution in [3.8, 4) is 0 Å². The molecule has 0 bridgehead atoms. The second-order valence-corrected chi connectivity index (χ2v) is 4.15. The zero-order chi connectivity index (χ0) is 11.4. The third-order valence-electron chi connectivity index (χ3n) is 2.71. The summed E-state index contributed by atoms with van der Waals surface area (Å²) in [4.78, 5) is 10.8. The molecule has 0 fully saturated rings. The molecule has 0 saturated carbocycles. The number of halogens is 1. The number of carbonyl (C=O) groups is 1. The lowest BCUT2D eigenvalue weighted by Gasteiger charge is -2.01. The van der Waals surface area contributed by atoms with Gasteiger partial charge < -0.3 is 4.74 Å². The van der Waals surface area contributed by atoms with Gasteiger partial charge in [-0.2, -0.15) is 0 Å². The van der Waals surface area contributed by atoms with E-state index in [2.05, 4.69) is 11.7 Å². The van der Waals surface area contributed by atoms with Crippen LogP contribution in [0, 0.1) is 0 Å². The Morgan fingerprint density at radius 1 is 0.875 bits per heavy atom. The van der Waals surface area contributed by atoms with Gasteiger partial charge in [-0.05, 0) is 6.42 Å². The van der Waals surface area contributed by atoms with Crippen molar-refractivity contribution in [1.29, 1.82) is 0 Å². The fourth-order valence-corrected chi connectivity index (χ4v) is 1.68. The third-order valence-corrected chi connectivity index (χ3v) is 2.71. The molecule has 0 atom stereocenters. The van der Waals surface area contributed by atoms with Gasteiger partial charge in [0.25, 0.3) is 0 Å². The van der Waals surface area contributed by atoms with Crippen LogP contribution in [-0.2, 0) is 9.53 Å². The lowest BCUT2D eigenvalue weighted by Crippen LogP contribution is -1.99. The molecule has 0 aromatic carbocycles. The minimum Gasteiger partial charge on any atom is -0.469 e. The van der Waals surface area contributed by atoms with Crippen LogP contribution in [0.5, 0.6) is 0 Å². The number of ether oxygens (including phenoxy) is 1. The molecule has 0 spiro atoms. The molecule has 0 aliphatic carbocycles. The predicted molar refractivity (Wildman–Crippen MR) is 71.1 cm³/mol. The molecule has 0 unspecified atom stereocenters. The van der Waals surface area contributed by atoms with Crippen LogP contribution < -0.4 is 0 Å². The smallest absolute Gasteiger partial charge is 0.305 e. The first-order valence-corrected chi connectivity index (χ1v) is 6.38. The van der Waals surface area contributed by atoms with Crippen molar-refractivity contribution in [2.75, 3.05) is 7.11 Å². The third kappa shape index (κ3) is 13.8. The largest absolute Gasteiger partial charge is 0.469 e. The number of hydrogen-bond donors (Lipinski definition) is 0. The lowest BCUT2D eigenvalue weighted by molar-refractivity contribution is -0.140. The first kappa shape index (κ1) is 18.1. The molecule has 0 saturated heterocycles. The molecule has 16 heavy (non-hydrogen) atoms. The highest BCUT2D eigenvalue weighted by molar-refractivity contribution is 5.85. The summed E-state index contributed by atoms with van der Waals surface area (Å²) in [5.41, 5.74) is 0. The number of rotatable bonds is 10.